The molecule has 0 fully saturated rings. The number of Topliss-reactive ketones (excluding diaryl/α,β-unsaturated/α-hetero) is 1. The lowest BCUT2D eigenvalue weighted by Crippen LogP contribution is -2.22. The summed E-state index contributed by atoms with van der Waals surface area (Å²) >= 11 is 0. The van der Waals surface area contributed by atoms with E-state index in [0.29, 0.717) is 16.8 Å². The molecule has 2 aromatic carbocycles. The fourth-order valence-corrected chi connectivity index (χ4v) is 3.50. The third kappa shape index (κ3) is 4.74. The van der Waals surface area contributed by atoms with Crippen molar-refractivity contribution in [1.82, 2.24) is 0 Å². The number of carbonyl (C=O) groups excluding carboxylic acids is 3. The summed E-state index contributed by atoms with van der Waals surface area (Å²) in [7, 11) is 0. The first-order chi connectivity index (χ1) is 14.4. The SMILES string of the molecule is CCOC(=O)/N=C(/N)c1ccc(C(=O)Nc2ccc3c(c2)CCC(CC)C3=O)cc1. The van der Waals surface area contributed by atoms with Crippen molar-refractivity contribution in [2.45, 2.75) is 33.1 Å². The number of nitrogens with zero attached hydrogens (tertiary/aromatic N) is 1. The van der Waals surface area contributed by atoms with Gasteiger partial charge < -0.3 is 15.8 Å². The number of fused-ring (bicyclic) bond motifs is 1. The zero-order chi connectivity index (χ0) is 21.7. The molecule has 156 valence electrons. The van der Waals surface area contributed by atoms with E-state index < -0.39 is 6.09 Å². The molecule has 1 atom stereocenters. The highest BCUT2D eigenvalue weighted by Gasteiger charge is 2.26. The smallest absolute Gasteiger partial charge is 0.435 e. The van der Waals surface area contributed by atoms with Crippen LogP contribution in [0.4, 0.5) is 10.5 Å². The Morgan fingerprint density at radius 3 is 2.50 bits per heavy atom. The number of ether oxygens (including phenoxy) is 1. The molecule has 0 aromatic heterocycles. The average molecular weight is 407 g/mol. The second-order valence-electron chi connectivity index (χ2n) is 7.11. The standard InChI is InChI=1S/C23H25N3O4/c1-3-14-5-10-17-13-18(11-12-19(17)20(14)27)25-22(28)16-8-6-15(7-9-16)21(24)26-23(29)30-4-2/h6-9,11-14H,3-5,10H2,1-2H3,(H,25,28)(H2,24,26,29). The molecule has 1 unspecified atom stereocenters. The van der Waals surface area contributed by atoms with E-state index in [-0.39, 0.29) is 30.1 Å². The number of aliphatic imine (C=N–C) groups is 1. The third-order valence-electron chi connectivity index (χ3n) is 5.18. The fourth-order valence-electron chi connectivity index (χ4n) is 3.50. The summed E-state index contributed by atoms with van der Waals surface area (Å²) in [5.41, 5.74) is 9.11. The molecule has 0 saturated heterocycles. The number of nitrogens with one attached hydrogen (secondary N) is 1. The van der Waals surface area contributed by atoms with Crippen LogP contribution in [0, 0.1) is 5.92 Å². The number of carbonyl (C=O) groups is 3. The van der Waals surface area contributed by atoms with Crippen molar-refractivity contribution in [1.29, 1.82) is 0 Å². The lowest BCUT2D eigenvalue weighted by Gasteiger charge is -2.22. The molecular weight excluding hydrogens is 382 g/mol. The number of rotatable bonds is 5. The maximum Gasteiger partial charge on any atom is 0.435 e. The van der Waals surface area contributed by atoms with E-state index in [1.54, 1.807) is 43.3 Å². The van der Waals surface area contributed by atoms with Crippen LogP contribution in [-0.2, 0) is 11.2 Å². The predicted molar refractivity (Wildman–Crippen MR) is 115 cm³/mol. The van der Waals surface area contributed by atoms with Gasteiger partial charge in [0.2, 0.25) is 0 Å². The summed E-state index contributed by atoms with van der Waals surface area (Å²) in [4.78, 5) is 40.1. The Bertz CT molecular complexity index is 996. The molecular formula is C23H25N3O4. The van der Waals surface area contributed by atoms with Gasteiger partial charge in [0.1, 0.15) is 5.84 Å². The van der Waals surface area contributed by atoms with Gasteiger partial charge in [0, 0.05) is 28.3 Å². The van der Waals surface area contributed by atoms with E-state index in [1.165, 1.54) is 0 Å². The number of ketones is 1. The van der Waals surface area contributed by atoms with Crippen LogP contribution in [0.15, 0.2) is 47.5 Å². The zero-order valence-corrected chi connectivity index (χ0v) is 17.1. The molecule has 7 nitrogen and oxygen atoms in total. The van der Waals surface area contributed by atoms with Crippen molar-refractivity contribution in [2.24, 2.45) is 16.6 Å². The summed E-state index contributed by atoms with van der Waals surface area (Å²) in [6.45, 7) is 3.92. The van der Waals surface area contributed by atoms with E-state index in [2.05, 4.69) is 10.3 Å². The van der Waals surface area contributed by atoms with Gasteiger partial charge in [0.05, 0.1) is 6.61 Å². The number of amides is 2. The van der Waals surface area contributed by atoms with Crippen LogP contribution in [0.1, 0.15) is 58.5 Å². The van der Waals surface area contributed by atoms with Crippen LogP contribution in [0.5, 0.6) is 0 Å². The maximum atomic E-state index is 12.6. The van der Waals surface area contributed by atoms with Gasteiger partial charge in [-0.25, -0.2) is 4.79 Å². The Hall–Kier alpha value is -3.48. The third-order valence-corrected chi connectivity index (χ3v) is 5.18. The highest BCUT2D eigenvalue weighted by atomic mass is 16.5. The number of benzene rings is 2. The number of nitrogens with two attached hydrogens (primary N) is 1. The normalized spacial score (nSPS) is 16.0. The topological polar surface area (TPSA) is 111 Å². The Morgan fingerprint density at radius 2 is 1.83 bits per heavy atom. The first-order valence-electron chi connectivity index (χ1n) is 10.0. The van der Waals surface area contributed by atoms with Crippen molar-refractivity contribution in [3.8, 4) is 0 Å². The molecule has 0 aliphatic heterocycles. The van der Waals surface area contributed by atoms with Gasteiger partial charge in [0.25, 0.3) is 5.91 Å². The fraction of sp³-hybridized carbons (Fsp3) is 0.304. The average Bonchev–Trinajstić information content (AvgIpc) is 2.74. The molecule has 0 bridgehead atoms. The molecule has 2 aromatic rings. The molecule has 0 spiro atoms. The predicted octanol–water partition coefficient (Wildman–Crippen LogP) is 3.96. The minimum atomic E-state index is -0.757. The molecule has 3 N–H and O–H groups in total. The summed E-state index contributed by atoms with van der Waals surface area (Å²) in [5.74, 6) is 0.0201. The quantitative estimate of drug-likeness (QED) is 0.576. The lowest BCUT2D eigenvalue weighted by atomic mass is 9.81. The molecule has 2 amide bonds. The van der Waals surface area contributed by atoms with Crippen molar-refractivity contribution < 1.29 is 19.1 Å². The Labute approximate surface area is 175 Å². The minimum absolute atomic E-state index is 0.0187. The van der Waals surface area contributed by atoms with Crippen LogP contribution in [0.3, 0.4) is 0 Å². The largest absolute Gasteiger partial charge is 0.448 e. The first-order valence-corrected chi connectivity index (χ1v) is 10.0. The van der Waals surface area contributed by atoms with Gasteiger partial charge >= 0.3 is 6.09 Å². The van der Waals surface area contributed by atoms with Crippen LogP contribution >= 0.6 is 0 Å². The van der Waals surface area contributed by atoms with Crippen molar-refractivity contribution in [3.63, 3.8) is 0 Å². The summed E-state index contributed by atoms with van der Waals surface area (Å²) in [6, 6.07) is 11.9. The molecule has 1 aliphatic carbocycles. The van der Waals surface area contributed by atoms with Crippen molar-refractivity contribution >= 4 is 29.3 Å². The number of hydrogen-bond donors (Lipinski definition) is 2. The van der Waals surface area contributed by atoms with Crippen LogP contribution in [0.25, 0.3) is 0 Å². The first kappa shape index (κ1) is 21.2. The minimum Gasteiger partial charge on any atom is -0.448 e. The Kier molecular flexibility index (Phi) is 6.61. The van der Waals surface area contributed by atoms with Gasteiger partial charge in [0.15, 0.2) is 5.78 Å². The summed E-state index contributed by atoms with van der Waals surface area (Å²) in [6.07, 6.45) is 1.77. The zero-order valence-electron chi connectivity index (χ0n) is 17.1. The lowest BCUT2D eigenvalue weighted by molar-refractivity contribution is 0.0898. The van der Waals surface area contributed by atoms with Gasteiger partial charge in [-0.3, -0.25) is 9.59 Å². The van der Waals surface area contributed by atoms with E-state index in [4.69, 9.17) is 10.5 Å². The van der Waals surface area contributed by atoms with Crippen molar-refractivity contribution in [2.75, 3.05) is 11.9 Å². The Balaban J connectivity index is 1.69. The number of hydrogen-bond acceptors (Lipinski definition) is 4. The molecule has 3 rings (SSSR count). The summed E-state index contributed by atoms with van der Waals surface area (Å²) < 4.78 is 4.73. The monoisotopic (exact) mass is 407 g/mol. The van der Waals surface area contributed by atoms with Gasteiger partial charge in [-0.1, -0.05) is 19.1 Å². The van der Waals surface area contributed by atoms with E-state index in [1.807, 2.05) is 13.0 Å². The van der Waals surface area contributed by atoms with Crippen LogP contribution in [-0.4, -0.2) is 30.2 Å². The van der Waals surface area contributed by atoms with Crippen molar-refractivity contribution in [3.05, 3.63) is 64.7 Å². The molecule has 0 radical (unpaired) electrons. The second-order valence-corrected chi connectivity index (χ2v) is 7.11. The molecule has 0 saturated carbocycles. The highest BCUT2D eigenvalue weighted by Crippen LogP contribution is 2.29. The number of amidine groups is 1. The molecule has 1 aliphatic rings. The van der Waals surface area contributed by atoms with Gasteiger partial charge in [-0.15, -0.1) is 0 Å². The van der Waals surface area contributed by atoms with Crippen LogP contribution < -0.4 is 11.1 Å². The number of anilines is 1. The van der Waals surface area contributed by atoms with Gasteiger partial charge in [-0.05, 0) is 62.1 Å². The molecule has 0 heterocycles. The van der Waals surface area contributed by atoms with Gasteiger partial charge in [-0.2, -0.15) is 4.99 Å². The number of aryl methyl sites for hydroxylation is 1. The molecule has 30 heavy (non-hydrogen) atoms. The van der Waals surface area contributed by atoms with E-state index in [9.17, 15) is 14.4 Å². The maximum absolute atomic E-state index is 12.6. The Morgan fingerprint density at radius 1 is 1.13 bits per heavy atom. The second kappa shape index (κ2) is 9.35. The summed E-state index contributed by atoms with van der Waals surface area (Å²) in [5, 5.41) is 2.86. The highest BCUT2D eigenvalue weighted by molar-refractivity contribution is 6.07. The van der Waals surface area contributed by atoms with Crippen LogP contribution in [0.2, 0.25) is 0 Å². The molecule has 7 heteroatoms. The van der Waals surface area contributed by atoms with E-state index >= 15 is 0 Å². The van der Waals surface area contributed by atoms with E-state index in [0.717, 1.165) is 30.4 Å².